The van der Waals surface area contributed by atoms with Gasteiger partial charge >= 0.3 is 11.9 Å². The van der Waals surface area contributed by atoms with Gasteiger partial charge < -0.3 is 14.9 Å². The topological polar surface area (TPSA) is 104 Å². The maximum absolute atomic E-state index is 11.8. The third-order valence-corrected chi connectivity index (χ3v) is 4.85. The van der Waals surface area contributed by atoms with E-state index in [4.69, 9.17) is 9.84 Å². The van der Waals surface area contributed by atoms with Gasteiger partial charge in [-0.2, -0.15) is 0 Å². The van der Waals surface area contributed by atoms with Gasteiger partial charge in [-0.1, -0.05) is 0 Å². The molecule has 7 nitrogen and oxygen atoms in total. The quantitative estimate of drug-likeness (QED) is 0.541. The van der Waals surface area contributed by atoms with Crippen LogP contribution in [0.5, 0.6) is 0 Å². The first-order chi connectivity index (χ1) is 9.52. The number of cyclic esters (lactones) is 1. The van der Waals surface area contributed by atoms with Crippen LogP contribution in [0.15, 0.2) is 22.8 Å². The number of hydrogen-bond acceptors (Lipinski definition) is 6. The number of nitrogens with zero attached hydrogens (tertiary/aromatic N) is 1. The lowest BCUT2D eigenvalue weighted by molar-refractivity contribution is -0.153. The number of β-lactam (4-membered cyclic amide) rings is 1. The molecule has 0 radical (unpaired) electrons. The Morgan fingerprint density at radius 3 is 2.75 bits per heavy atom. The minimum atomic E-state index is -1.19. The molecule has 1 unspecified atom stereocenters. The van der Waals surface area contributed by atoms with Crippen LogP contribution in [0.2, 0.25) is 0 Å². The highest BCUT2D eigenvalue weighted by Crippen LogP contribution is 2.50. The summed E-state index contributed by atoms with van der Waals surface area (Å²) in [5.41, 5.74) is -0.0638. The van der Waals surface area contributed by atoms with Gasteiger partial charge in [0.1, 0.15) is 17.2 Å². The van der Waals surface area contributed by atoms with E-state index < -0.39 is 24.0 Å². The third-order valence-electron chi connectivity index (χ3n) is 3.42. The second-order valence-corrected chi connectivity index (χ2v) is 5.83. The average molecular weight is 297 g/mol. The molecular formula is C12H11NO6S. The lowest BCUT2D eigenvalue weighted by atomic mass is 9.98. The monoisotopic (exact) mass is 297 g/mol. The summed E-state index contributed by atoms with van der Waals surface area (Å²) < 4.78 is 4.98. The number of esters is 1. The molecule has 2 N–H and O–H groups in total. The van der Waals surface area contributed by atoms with Crippen LogP contribution in [-0.4, -0.2) is 51.0 Å². The molecule has 0 aromatic rings. The first kappa shape index (κ1) is 13.2. The lowest BCUT2D eigenvalue weighted by Crippen LogP contribution is -2.58. The minimum absolute atomic E-state index is 0.0638. The first-order valence-corrected chi connectivity index (χ1v) is 6.86. The molecule has 0 aromatic carbocycles. The molecule has 1 saturated heterocycles. The number of carboxylic acids is 1. The summed E-state index contributed by atoms with van der Waals surface area (Å²) in [6.07, 6.45) is 2.59. The molecule has 1 fully saturated rings. The largest absolute Gasteiger partial charge is 0.477 e. The van der Waals surface area contributed by atoms with E-state index in [-0.39, 0.29) is 30.0 Å². The van der Waals surface area contributed by atoms with E-state index in [1.165, 1.54) is 22.7 Å². The normalized spacial score (nSPS) is 31.4. The number of carbonyl (C=O) groups excluding carboxylic acids is 2. The zero-order chi connectivity index (χ0) is 14.4. The maximum Gasteiger partial charge on any atom is 0.353 e. The molecule has 106 valence electrons. The number of aliphatic hydroxyl groups is 1. The summed E-state index contributed by atoms with van der Waals surface area (Å²) in [5, 5.41) is 18.0. The average Bonchev–Trinajstić information content (AvgIpc) is 2.93. The van der Waals surface area contributed by atoms with Crippen LogP contribution < -0.4 is 0 Å². The van der Waals surface area contributed by atoms with Gasteiger partial charge in [-0.05, 0) is 6.08 Å². The summed E-state index contributed by atoms with van der Waals surface area (Å²) in [6, 6.07) is 0. The van der Waals surface area contributed by atoms with Crippen molar-refractivity contribution in [2.75, 3.05) is 6.61 Å². The van der Waals surface area contributed by atoms with Gasteiger partial charge in [-0.3, -0.25) is 9.69 Å². The van der Waals surface area contributed by atoms with Gasteiger partial charge in [0.15, 0.2) is 0 Å². The molecule has 8 heteroatoms. The fraction of sp³-hybridized carbons (Fsp3) is 0.417. The molecule has 0 bridgehead atoms. The van der Waals surface area contributed by atoms with Crippen LogP contribution in [0.1, 0.15) is 6.42 Å². The van der Waals surface area contributed by atoms with E-state index >= 15 is 0 Å². The highest BCUT2D eigenvalue weighted by Gasteiger charge is 2.55. The van der Waals surface area contributed by atoms with Crippen molar-refractivity contribution in [1.82, 2.24) is 4.90 Å². The van der Waals surface area contributed by atoms with Gasteiger partial charge in [0.25, 0.3) is 0 Å². The smallest absolute Gasteiger partial charge is 0.353 e. The fourth-order valence-electron chi connectivity index (χ4n) is 2.47. The number of thioether (sulfide) groups is 1. The van der Waals surface area contributed by atoms with E-state index in [1.54, 1.807) is 6.08 Å². The predicted molar refractivity (Wildman–Crippen MR) is 67.1 cm³/mol. The Kier molecular flexibility index (Phi) is 3.06. The van der Waals surface area contributed by atoms with Crippen molar-refractivity contribution in [3.63, 3.8) is 0 Å². The molecule has 20 heavy (non-hydrogen) atoms. The Morgan fingerprint density at radius 2 is 2.20 bits per heavy atom. The number of amides is 1. The zero-order valence-electron chi connectivity index (χ0n) is 10.2. The van der Waals surface area contributed by atoms with Crippen LogP contribution in [0.3, 0.4) is 0 Å². The summed E-state index contributed by atoms with van der Waals surface area (Å²) in [7, 11) is 0. The van der Waals surface area contributed by atoms with Gasteiger partial charge in [0.05, 0.1) is 12.5 Å². The molecule has 3 aliphatic heterocycles. The molecule has 1 amide bonds. The highest BCUT2D eigenvalue weighted by atomic mass is 32.2. The van der Waals surface area contributed by atoms with E-state index in [2.05, 4.69) is 0 Å². The van der Waals surface area contributed by atoms with Crippen LogP contribution in [0, 0.1) is 5.92 Å². The van der Waals surface area contributed by atoms with Crippen molar-refractivity contribution >= 4 is 29.6 Å². The number of carbonyl (C=O) groups is 3. The van der Waals surface area contributed by atoms with Crippen molar-refractivity contribution < 1.29 is 29.3 Å². The van der Waals surface area contributed by atoms with Crippen LogP contribution in [-0.2, 0) is 19.1 Å². The number of ether oxygens (including phenoxy) is 1. The Hall–Kier alpha value is -1.80. The molecule has 0 spiro atoms. The van der Waals surface area contributed by atoms with Gasteiger partial charge in [0.2, 0.25) is 5.91 Å². The molecule has 0 aromatic heterocycles. The number of hydrogen-bond donors (Lipinski definition) is 2. The second-order valence-electron chi connectivity index (χ2n) is 4.62. The van der Waals surface area contributed by atoms with Gasteiger partial charge in [-0.15, -0.1) is 11.8 Å². The number of rotatable bonds is 4. The Labute approximate surface area is 117 Å². The second kappa shape index (κ2) is 4.64. The Morgan fingerprint density at radius 1 is 1.45 bits per heavy atom. The Bertz CT molecular complexity index is 568. The van der Waals surface area contributed by atoms with Crippen molar-refractivity contribution in [1.29, 1.82) is 0 Å². The van der Waals surface area contributed by atoms with Crippen molar-refractivity contribution in [2.24, 2.45) is 5.92 Å². The minimum Gasteiger partial charge on any atom is -0.477 e. The molecule has 0 saturated carbocycles. The van der Waals surface area contributed by atoms with E-state index in [1.807, 2.05) is 0 Å². The van der Waals surface area contributed by atoms with Crippen LogP contribution >= 0.6 is 11.8 Å². The molecule has 3 aliphatic rings. The highest BCUT2D eigenvalue weighted by molar-refractivity contribution is 8.04. The third kappa shape index (κ3) is 1.83. The van der Waals surface area contributed by atoms with Crippen molar-refractivity contribution in [3.8, 4) is 0 Å². The number of aliphatic hydroxyl groups excluding tert-OH is 1. The summed E-state index contributed by atoms with van der Waals surface area (Å²) in [5.74, 6) is -2.58. The molecule has 3 heterocycles. The molecule has 3 rings (SSSR count). The zero-order valence-corrected chi connectivity index (χ0v) is 11.0. The summed E-state index contributed by atoms with van der Waals surface area (Å²) in [6.45, 7) is -0.300. The van der Waals surface area contributed by atoms with E-state index in [9.17, 15) is 19.5 Å². The predicted octanol–water partition coefficient (Wildman–Crippen LogP) is -0.322. The van der Waals surface area contributed by atoms with E-state index in [0.29, 0.717) is 4.91 Å². The fourth-order valence-corrected chi connectivity index (χ4v) is 4.00. The van der Waals surface area contributed by atoms with Gasteiger partial charge in [-0.25, -0.2) is 9.59 Å². The molecule has 0 aliphatic carbocycles. The summed E-state index contributed by atoms with van der Waals surface area (Å²) in [4.78, 5) is 35.8. The maximum atomic E-state index is 11.8. The number of aliphatic carboxylic acids is 1. The van der Waals surface area contributed by atoms with Crippen molar-refractivity contribution in [2.45, 2.75) is 17.9 Å². The molecular weight excluding hydrogens is 286 g/mol. The van der Waals surface area contributed by atoms with Crippen molar-refractivity contribution in [3.05, 3.63) is 22.8 Å². The standard InChI is InChI=1S/C12H11NO6S/c14-4-6-10(16)13-9(12(17)18)7(20-11(6)13)3-5-1-2-8(15)19-5/h1-2,5-6,11,14H,3-4H2,(H,17,18)/t5?,6-,11+/m0/s1. The number of fused-ring (bicyclic) bond motifs is 1. The SMILES string of the molecule is O=C1C=CC(CC2=C(C(=O)O)N3C(=O)[C@H](CO)[C@H]3S2)O1. The van der Waals surface area contributed by atoms with Gasteiger partial charge in [0, 0.05) is 17.4 Å². The number of carboxylic acid groups (broad SMARTS) is 1. The van der Waals surface area contributed by atoms with Crippen LogP contribution in [0.25, 0.3) is 0 Å². The Balaban J connectivity index is 1.82. The van der Waals surface area contributed by atoms with Crippen LogP contribution in [0.4, 0.5) is 0 Å². The molecule has 3 atom stereocenters. The lowest BCUT2D eigenvalue weighted by Gasteiger charge is -2.41. The first-order valence-electron chi connectivity index (χ1n) is 5.98. The van der Waals surface area contributed by atoms with E-state index in [0.717, 1.165) is 0 Å². The summed E-state index contributed by atoms with van der Waals surface area (Å²) >= 11 is 1.24.